The Morgan fingerprint density at radius 1 is 1.10 bits per heavy atom. The Morgan fingerprint density at radius 2 is 1.94 bits per heavy atom. The quantitative estimate of drug-likeness (QED) is 0.613. The minimum atomic E-state index is -0.213. The van der Waals surface area contributed by atoms with Crippen LogP contribution in [-0.4, -0.2) is 47.2 Å². The fraction of sp³-hybridized carbons (Fsp3) is 0.292. The second-order valence-corrected chi connectivity index (χ2v) is 8.47. The molecule has 0 aliphatic carbocycles. The first-order chi connectivity index (χ1) is 15.0. The number of amides is 3. The van der Waals surface area contributed by atoms with Crippen molar-refractivity contribution >= 4 is 34.3 Å². The van der Waals surface area contributed by atoms with Crippen LogP contribution in [0.4, 0.5) is 5.69 Å². The average Bonchev–Trinajstić information content (AvgIpc) is 3.41. The number of fused-ring (bicyclic) bond motifs is 2. The number of H-pyrrole nitrogens is 1. The third-order valence-corrected chi connectivity index (χ3v) is 6.44. The van der Waals surface area contributed by atoms with E-state index in [-0.39, 0.29) is 23.6 Å². The molecule has 2 aliphatic heterocycles. The number of benzene rings is 2. The van der Waals surface area contributed by atoms with Crippen molar-refractivity contribution in [2.45, 2.75) is 13.3 Å². The summed E-state index contributed by atoms with van der Waals surface area (Å²) in [5, 5.41) is 6.72. The van der Waals surface area contributed by atoms with Gasteiger partial charge in [0.05, 0.1) is 0 Å². The highest BCUT2D eigenvalue weighted by Crippen LogP contribution is 2.30. The molecular formula is C24H24N4O3. The summed E-state index contributed by atoms with van der Waals surface area (Å²) in [6, 6.07) is 12.8. The summed E-state index contributed by atoms with van der Waals surface area (Å²) in [5.41, 5.74) is 3.53. The smallest absolute Gasteiger partial charge is 0.256 e. The molecule has 0 radical (unpaired) electrons. The van der Waals surface area contributed by atoms with Crippen LogP contribution in [0.5, 0.6) is 0 Å². The molecule has 7 heteroatoms. The largest absolute Gasteiger partial charge is 0.361 e. The van der Waals surface area contributed by atoms with Crippen molar-refractivity contribution in [3.05, 3.63) is 65.4 Å². The molecule has 3 heterocycles. The fourth-order valence-corrected chi connectivity index (χ4v) is 4.67. The van der Waals surface area contributed by atoms with E-state index in [2.05, 4.69) is 15.6 Å². The first-order valence-electron chi connectivity index (χ1n) is 10.5. The van der Waals surface area contributed by atoms with Gasteiger partial charge in [-0.1, -0.05) is 12.1 Å². The van der Waals surface area contributed by atoms with Crippen LogP contribution in [0.2, 0.25) is 0 Å². The summed E-state index contributed by atoms with van der Waals surface area (Å²) < 4.78 is 0. The van der Waals surface area contributed by atoms with E-state index < -0.39 is 0 Å². The molecule has 0 bridgehead atoms. The number of aromatic amines is 1. The topological polar surface area (TPSA) is 94.3 Å². The zero-order valence-corrected chi connectivity index (χ0v) is 17.3. The zero-order valence-electron chi connectivity index (χ0n) is 17.3. The van der Waals surface area contributed by atoms with E-state index in [1.54, 1.807) is 18.2 Å². The number of hydrogen-bond acceptors (Lipinski definition) is 3. The Bertz CT molecular complexity index is 1200. The van der Waals surface area contributed by atoms with Crippen LogP contribution in [-0.2, 0) is 4.79 Å². The van der Waals surface area contributed by atoms with Crippen molar-refractivity contribution in [1.29, 1.82) is 0 Å². The number of aromatic nitrogens is 1. The molecule has 1 aromatic heterocycles. The lowest BCUT2D eigenvalue weighted by Gasteiger charge is -2.23. The molecule has 3 N–H and O–H groups in total. The monoisotopic (exact) mass is 416 g/mol. The van der Waals surface area contributed by atoms with Crippen molar-refractivity contribution in [2.24, 2.45) is 11.8 Å². The zero-order chi connectivity index (χ0) is 21.5. The summed E-state index contributed by atoms with van der Waals surface area (Å²) in [7, 11) is 0. The molecule has 31 heavy (non-hydrogen) atoms. The Balaban J connectivity index is 1.36. The third-order valence-electron chi connectivity index (χ3n) is 6.44. The molecule has 2 fully saturated rings. The van der Waals surface area contributed by atoms with E-state index in [4.69, 9.17) is 0 Å². The van der Waals surface area contributed by atoms with Gasteiger partial charge in [-0.3, -0.25) is 14.4 Å². The number of nitrogens with one attached hydrogen (secondary N) is 3. The van der Waals surface area contributed by atoms with Crippen molar-refractivity contribution in [3.63, 3.8) is 0 Å². The van der Waals surface area contributed by atoms with Crippen molar-refractivity contribution in [2.75, 3.05) is 25.0 Å². The Kier molecular flexibility index (Phi) is 4.73. The van der Waals surface area contributed by atoms with E-state index >= 15 is 0 Å². The number of carbonyl (C=O) groups excluding carboxylic acids is 3. The molecule has 7 nitrogen and oxygen atoms in total. The SMILES string of the molecule is Cc1ccc(C(=O)N2C[C@H]3CC(=O)NC[C@H]3C2)cc1NC(=O)c1cccc2[nH]ccc12. The van der Waals surface area contributed by atoms with Crippen molar-refractivity contribution in [3.8, 4) is 0 Å². The summed E-state index contributed by atoms with van der Waals surface area (Å²) in [5.74, 6) is 0.324. The number of anilines is 1. The van der Waals surface area contributed by atoms with Gasteiger partial charge in [0, 0.05) is 60.0 Å². The van der Waals surface area contributed by atoms with Crippen LogP contribution in [0, 0.1) is 18.8 Å². The van der Waals surface area contributed by atoms with Gasteiger partial charge in [-0.2, -0.15) is 0 Å². The molecule has 2 aliphatic rings. The first kappa shape index (κ1) is 19.4. The Labute approximate surface area is 179 Å². The van der Waals surface area contributed by atoms with Crippen LogP contribution in [0.3, 0.4) is 0 Å². The van der Waals surface area contributed by atoms with E-state index in [9.17, 15) is 14.4 Å². The maximum atomic E-state index is 13.1. The molecule has 0 unspecified atom stereocenters. The number of rotatable bonds is 3. The highest BCUT2D eigenvalue weighted by atomic mass is 16.2. The predicted octanol–water partition coefficient (Wildman–Crippen LogP) is 2.94. The van der Waals surface area contributed by atoms with Crippen LogP contribution in [0.15, 0.2) is 48.7 Å². The lowest BCUT2D eigenvalue weighted by Crippen LogP contribution is -2.40. The van der Waals surface area contributed by atoms with Gasteiger partial charge in [0.2, 0.25) is 5.91 Å². The molecular weight excluding hydrogens is 392 g/mol. The Hall–Kier alpha value is -3.61. The lowest BCUT2D eigenvalue weighted by atomic mass is 9.89. The second kappa shape index (κ2) is 7.58. The molecule has 3 aromatic rings. The van der Waals surface area contributed by atoms with E-state index in [1.807, 2.05) is 42.3 Å². The van der Waals surface area contributed by atoms with E-state index in [0.717, 1.165) is 16.5 Å². The standard InChI is InChI=1S/C24H24N4O3/c1-14-5-6-15(24(31)28-12-16-10-22(29)26-11-17(16)13-28)9-21(14)27-23(30)19-3-2-4-20-18(19)7-8-25-20/h2-9,16-17,25H,10-13H2,1H3,(H,26,29)(H,27,30)/t16-,17+/m1/s1. The number of nitrogens with zero attached hydrogens (tertiary/aromatic N) is 1. The van der Waals surface area contributed by atoms with Gasteiger partial charge in [-0.05, 0) is 54.7 Å². The minimum Gasteiger partial charge on any atom is -0.361 e. The number of piperidine rings is 1. The number of carbonyl (C=O) groups is 3. The van der Waals surface area contributed by atoms with E-state index in [0.29, 0.717) is 48.8 Å². The molecule has 0 spiro atoms. The summed E-state index contributed by atoms with van der Waals surface area (Å²) >= 11 is 0. The van der Waals surface area contributed by atoms with Gasteiger partial charge in [-0.15, -0.1) is 0 Å². The van der Waals surface area contributed by atoms with Gasteiger partial charge in [0.25, 0.3) is 11.8 Å². The highest BCUT2D eigenvalue weighted by molar-refractivity contribution is 6.13. The lowest BCUT2D eigenvalue weighted by molar-refractivity contribution is -0.124. The number of likely N-dealkylation sites (tertiary alicyclic amines) is 1. The van der Waals surface area contributed by atoms with Gasteiger partial charge in [0.1, 0.15) is 0 Å². The molecule has 5 rings (SSSR count). The van der Waals surface area contributed by atoms with E-state index in [1.165, 1.54) is 0 Å². The minimum absolute atomic E-state index is 0.0633. The molecule has 2 saturated heterocycles. The Morgan fingerprint density at radius 3 is 2.81 bits per heavy atom. The van der Waals surface area contributed by atoms with Crippen LogP contribution in [0.25, 0.3) is 10.9 Å². The predicted molar refractivity (Wildman–Crippen MR) is 118 cm³/mol. The molecule has 158 valence electrons. The van der Waals surface area contributed by atoms with Crippen molar-refractivity contribution < 1.29 is 14.4 Å². The van der Waals surface area contributed by atoms with Gasteiger partial charge in [0.15, 0.2) is 0 Å². The number of hydrogen-bond donors (Lipinski definition) is 3. The number of aryl methyl sites for hydroxylation is 1. The van der Waals surface area contributed by atoms with Gasteiger partial charge in [-0.25, -0.2) is 0 Å². The molecule has 0 saturated carbocycles. The average molecular weight is 416 g/mol. The maximum Gasteiger partial charge on any atom is 0.256 e. The molecule has 3 amide bonds. The third kappa shape index (κ3) is 3.56. The summed E-state index contributed by atoms with van der Waals surface area (Å²) in [4.78, 5) is 42.7. The van der Waals surface area contributed by atoms with Crippen LogP contribution < -0.4 is 10.6 Å². The van der Waals surface area contributed by atoms with Crippen LogP contribution >= 0.6 is 0 Å². The normalized spacial score (nSPS) is 20.4. The second-order valence-electron chi connectivity index (χ2n) is 8.47. The first-order valence-corrected chi connectivity index (χ1v) is 10.5. The summed E-state index contributed by atoms with van der Waals surface area (Å²) in [6.07, 6.45) is 2.29. The van der Waals surface area contributed by atoms with Gasteiger partial charge < -0.3 is 20.5 Å². The molecule has 2 aromatic carbocycles. The fourth-order valence-electron chi connectivity index (χ4n) is 4.67. The maximum absolute atomic E-state index is 13.1. The van der Waals surface area contributed by atoms with Gasteiger partial charge >= 0.3 is 0 Å². The molecule has 2 atom stereocenters. The summed E-state index contributed by atoms with van der Waals surface area (Å²) in [6.45, 7) is 3.78. The van der Waals surface area contributed by atoms with Crippen LogP contribution in [0.1, 0.15) is 32.7 Å². The highest BCUT2D eigenvalue weighted by Gasteiger charge is 2.39. The van der Waals surface area contributed by atoms with Crippen molar-refractivity contribution in [1.82, 2.24) is 15.2 Å².